The summed E-state index contributed by atoms with van der Waals surface area (Å²) >= 11 is 0.375. The van der Waals surface area contributed by atoms with E-state index in [0.29, 0.717) is 23.6 Å². The van der Waals surface area contributed by atoms with Crippen LogP contribution >= 0.6 is 11.9 Å². The number of nitrogens with one attached hydrogen (secondary N) is 1. The van der Waals surface area contributed by atoms with Gasteiger partial charge in [-0.1, -0.05) is 30.3 Å². The van der Waals surface area contributed by atoms with Gasteiger partial charge >= 0.3 is 23.7 Å². The maximum absolute atomic E-state index is 14.0. The number of nitrogens with zero attached hydrogens (tertiary/aromatic N) is 1. The fourth-order valence-electron chi connectivity index (χ4n) is 4.02. The Kier molecular flexibility index (Phi) is 9.75. The molecule has 0 aromatic heterocycles. The quantitative estimate of drug-likeness (QED) is 0.249. The monoisotopic (exact) mass is 578 g/mol. The lowest BCUT2D eigenvalue weighted by Gasteiger charge is -2.32. The number of halogens is 6. The van der Waals surface area contributed by atoms with Gasteiger partial charge in [-0.2, -0.15) is 26.3 Å². The summed E-state index contributed by atoms with van der Waals surface area (Å²) in [5.74, 6) is -0.988. The maximum Gasteiger partial charge on any atom is 0.417 e. The van der Waals surface area contributed by atoms with Gasteiger partial charge in [0.1, 0.15) is 6.10 Å². The van der Waals surface area contributed by atoms with Crippen molar-refractivity contribution in [2.24, 2.45) is 0 Å². The van der Waals surface area contributed by atoms with Gasteiger partial charge in [0.2, 0.25) is 0 Å². The van der Waals surface area contributed by atoms with Gasteiger partial charge in [-0.15, -0.1) is 0 Å². The van der Waals surface area contributed by atoms with Crippen molar-refractivity contribution < 1.29 is 50.2 Å². The van der Waals surface area contributed by atoms with E-state index < -0.39 is 64.4 Å². The highest BCUT2D eigenvalue weighted by molar-refractivity contribution is 8.12. The van der Waals surface area contributed by atoms with Crippen LogP contribution < -0.4 is 4.72 Å². The number of rotatable bonds is 5. The van der Waals surface area contributed by atoms with Crippen molar-refractivity contribution in [3.05, 3.63) is 70.3 Å². The SMILES string of the molecule is CCOC(=O)SNC(=O)OC1CCN(C(=O)c2cc(C(F)(F)F)cc(C(F)(F)F)c2Cc2ccccc2)CC1. The highest BCUT2D eigenvalue weighted by atomic mass is 32.2. The molecule has 0 spiro atoms. The summed E-state index contributed by atoms with van der Waals surface area (Å²) < 4.78 is 94.5. The molecule has 1 aliphatic rings. The van der Waals surface area contributed by atoms with Crippen LogP contribution in [0.2, 0.25) is 0 Å². The number of piperidine rings is 1. The van der Waals surface area contributed by atoms with E-state index in [9.17, 15) is 40.7 Å². The lowest BCUT2D eigenvalue weighted by molar-refractivity contribution is -0.143. The minimum atomic E-state index is -5.14. The Bertz CT molecular complexity index is 1180. The molecule has 2 aromatic carbocycles. The Morgan fingerprint density at radius 3 is 2.21 bits per heavy atom. The molecule has 14 heteroatoms. The molecule has 0 radical (unpaired) electrons. The van der Waals surface area contributed by atoms with Crippen molar-refractivity contribution in [3.8, 4) is 0 Å². The van der Waals surface area contributed by atoms with Crippen molar-refractivity contribution in [1.82, 2.24) is 9.62 Å². The molecule has 0 atom stereocenters. The van der Waals surface area contributed by atoms with E-state index in [1.165, 1.54) is 12.1 Å². The summed E-state index contributed by atoms with van der Waals surface area (Å²) in [6, 6.07) is 8.29. The molecule has 0 aliphatic carbocycles. The molecule has 1 aliphatic heterocycles. The molecule has 2 aromatic rings. The van der Waals surface area contributed by atoms with Crippen LogP contribution in [-0.4, -0.2) is 48.0 Å². The fourth-order valence-corrected chi connectivity index (χ4v) is 4.41. The number of carbonyl (C=O) groups excluding carboxylic acids is 3. The second kappa shape index (κ2) is 12.6. The first-order valence-corrected chi connectivity index (χ1v) is 12.6. The van der Waals surface area contributed by atoms with Crippen LogP contribution in [-0.2, 0) is 28.2 Å². The Labute approximate surface area is 223 Å². The van der Waals surface area contributed by atoms with Gasteiger partial charge in [0.25, 0.3) is 5.91 Å². The normalized spacial score (nSPS) is 14.6. The molecular formula is C25H24F6N2O5S. The lowest BCUT2D eigenvalue weighted by Crippen LogP contribution is -2.42. The van der Waals surface area contributed by atoms with Gasteiger partial charge in [-0.25, -0.2) is 9.59 Å². The van der Waals surface area contributed by atoms with Crippen LogP contribution in [0.3, 0.4) is 0 Å². The average molecular weight is 579 g/mol. The number of benzene rings is 2. The summed E-state index contributed by atoms with van der Waals surface area (Å²) in [7, 11) is 0. The first kappa shape index (κ1) is 30.1. The number of hydrogen-bond acceptors (Lipinski definition) is 6. The standard InChI is InChI=1S/C25H24F6N2O5S/c1-2-37-23(36)39-32-22(35)38-17-8-10-33(11-9-17)21(34)19-13-16(24(26,27)28)14-20(25(29,30)31)18(19)12-15-6-4-3-5-7-15/h3-7,13-14,17H,2,8-12H2,1H3,(H,32,35). The van der Waals surface area contributed by atoms with Crippen LogP contribution in [0.5, 0.6) is 0 Å². The second-order valence-electron chi connectivity index (χ2n) is 8.49. The van der Waals surface area contributed by atoms with E-state index >= 15 is 0 Å². The predicted octanol–water partition coefficient (Wildman–Crippen LogP) is 6.45. The molecule has 7 nitrogen and oxygen atoms in total. The molecule has 3 rings (SSSR count). The number of ether oxygens (including phenoxy) is 2. The molecule has 1 fully saturated rings. The van der Waals surface area contributed by atoms with Crippen LogP contribution in [0, 0.1) is 0 Å². The molecule has 39 heavy (non-hydrogen) atoms. The van der Waals surface area contributed by atoms with Crippen LogP contribution in [0.1, 0.15) is 52.4 Å². The highest BCUT2D eigenvalue weighted by Crippen LogP contribution is 2.40. The molecule has 1 N–H and O–H groups in total. The lowest BCUT2D eigenvalue weighted by atomic mass is 9.90. The zero-order valence-electron chi connectivity index (χ0n) is 20.5. The Morgan fingerprint density at radius 2 is 1.64 bits per heavy atom. The first-order chi connectivity index (χ1) is 18.3. The maximum atomic E-state index is 14.0. The minimum absolute atomic E-state index is 0.0298. The Balaban J connectivity index is 1.82. The van der Waals surface area contributed by atoms with E-state index in [4.69, 9.17) is 4.74 Å². The van der Waals surface area contributed by atoms with Crippen molar-refractivity contribution in [3.63, 3.8) is 0 Å². The summed E-state index contributed by atoms with van der Waals surface area (Å²) in [5, 5.41) is -0.750. The van der Waals surface area contributed by atoms with E-state index in [-0.39, 0.29) is 38.6 Å². The van der Waals surface area contributed by atoms with Gasteiger partial charge < -0.3 is 14.4 Å². The predicted molar refractivity (Wildman–Crippen MR) is 129 cm³/mol. The summed E-state index contributed by atoms with van der Waals surface area (Å²) in [6.07, 6.45) is -12.1. The van der Waals surface area contributed by atoms with E-state index in [0.717, 1.165) is 4.90 Å². The van der Waals surface area contributed by atoms with Crippen molar-refractivity contribution in [2.45, 2.75) is 44.6 Å². The molecule has 212 valence electrons. The van der Waals surface area contributed by atoms with Gasteiger partial charge in [-0.05, 0) is 36.6 Å². The van der Waals surface area contributed by atoms with Gasteiger partial charge in [0.05, 0.1) is 29.7 Å². The largest absolute Gasteiger partial charge is 0.457 e. The number of likely N-dealkylation sites (tertiary alicyclic amines) is 1. The number of alkyl halides is 6. The first-order valence-electron chi connectivity index (χ1n) is 11.7. The smallest absolute Gasteiger partial charge is 0.417 e. The van der Waals surface area contributed by atoms with E-state index in [1.54, 1.807) is 25.1 Å². The van der Waals surface area contributed by atoms with E-state index in [2.05, 4.69) is 9.46 Å². The molecule has 1 heterocycles. The van der Waals surface area contributed by atoms with Gasteiger partial charge in [0, 0.05) is 31.5 Å². The molecule has 0 bridgehead atoms. The third-order valence-electron chi connectivity index (χ3n) is 5.82. The van der Waals surface area contributed by atoms with Gasteiger partial charge in [-0.3, -0.25) is 9.52 Å². The topological polar surface area (TPSA) is 84.9 Å². The number of amides is 2. The van der Waals surface area contributed by atoms with Gasteiger partial charge in [0.15, 0.2) is 0 Å². The third kappa shape index (κ3) is 8.28. The zero-order valence-corrected chi connectivity index (χ0v) is 21.3. The van der Waals surface area contributed by atoms with Crippen LogP contribution in [0.25, 0.3) is 0 Å². The van der Waals surface area contributed by atoms with Crippen LogP contribution in [0.15, 0.2) is 42.5 Å². The molecule has 1 saturated heterocycles. The number of hydrogen-bond donors (Lipinski definition) is 1. The Morgan fingerprint density at radius 1 is 1.00 bits per heavy atom. The summed E-state index contributed by atoms with van der Waals surface area (Å²) in [4.78, 5) is 37.7. The van der Waals surface area contributed by atoms with E-state index in [1.807, 2.05) is 0 Å². The van der Waals surface area contributed by atoms with Crippen molar-refractivity contribution >= 4 is 29.2 Å². The number of carbonyl (C=O) groups is 3. The third-order valence-corrected chi connectivity index (χ3v) is 6.37. The molecule has 0 unspecified atom stereocenters. The highest BCUT2D eigenvalue weighted by Gasteiger charge is 2.41. The fraction of sp³-hybridized carbons (Fsp3) is 0.400. The molecule has 2 amide bonds. The summed E-state index contributed by atoms with van der Waals surface area (Å²) in [6.45, 7) is 1.53. The van der Waals surface area contributed by atoms with Crippen molar-refractivity contribution in [1.29, 1.82) is 0 Å². The van der Waals surface area contributed by atoms with Crippen LogP contribution in [0.4, 0.5) is 35.9 Å². The minimum Gasteiger partial charge on any atom is -0.457 e. The molecule has 0 saturated carbocycles. The summed E-state index contributed by atoms with van der Waals surface area (Å²) in [5.41, 5.74) is -3.97. The van der Waals surface area contributed by atoms with Crippen molar-refractivity contribution in [2.75, 3.05) is 19.7 Å². The average Bonchev–Trinajstić information content (AvgIpc) is 2.87. The Hall–Kier alpha value is -3.42. The zero-order chi connectivity index (χ0) is 28.8. The second-order valence-corrected chi connectivity index (χ2v) is 9.23. The molecular weight excluding hydrogens is 554 g/mol.